The smallest absolute Gasteiger partial charge is 0.270 e. The predicted octanol–water partition coefficient (Wildman–Crippen LogP) is 4.46. The number of anilines is 1. The van der Waals surface area contributed by atoms with Crippen LogP contribution in [0.25, 0.3) is 6.08 Å². The zero-order valence-electron chi connectivity index (χ0n) is 13.4. The van der Waals surface area contributed by atoms with Crippen LogP contribution >= 0.6 is 39.5 Å². The molecule has 0 N–H and O–H groups in total. The molecule has 4 nitrogen and oxygen atoms in total. The molecule has 0 radical (unpaired) electrons. The van der Waals surface area contributed by atoms with E-state index in [1.54, 1.807) is 6.08 Å². The molecule has 3 rings (SSSR count). The number of rotatable bonds is 4. The maximum atomic E-state index is 13.0. The molecule has 0 saturated carbocycles. The van der Waals surface area contributed by atoms with Crippen molar-refractivity contribution in [3.05, 3.63) is 56.7 Å². The quantitative estimate of drug-likeness (QED) is 0.405. The number of thiophene rings is 1. The number of hydrogen-bond donors (Lipinski definition) is 0. The van der Waals surface area contributed by atoms with E-state index in [0.29, 0.717) is 12.2 Å². The minimum absolute atomic E-state index is 0.125. The third-order valence-corrected chi connectivity index (χ3v) is 5.71. The molecule has 128 valence electrons. The summed E-state index contributed by atoms with van der Waals surface area (Å²) in [4.78, 5) is 29.6. The van der Waals surface area contributed by atoms with Crippen LogP contribution in [0.5, 0.6) is 0 Å². The Morgan fingerprint density at radius 3 is 2.52 bits per heavy atom. The van der Waals surface area contributed by atoms with Gasteiger partial charge in [0.1, 0.15) is 5.57 Å². The van der Waals surface area contributed by atoms with Crippen molar-refractivity contribution >= 4 is 68.2 Å². The normalized spacial score (nSPS) is 16.9. The highest BCUT2D eigenvalue weighted by atomic mass is 79.9. The molecule has 2 aromatic rings. The first-order chi connectivity index (χ1) is 12.0. The molecule has 25 heavy (non-hydrogen) atoms. The molecule has 1 fully saturated rings. The molecule has 0 spiro atoms. The third-order valence-electron chi connectivity index (χ3n) is 3.67. The molecule has 1 aliphatic rings. The number of benzene rings is 1. The average molecular weight is 435 g/mol. The number of carbonyl (C=O) groups excluding carboxylic acids is 2. The second-order valence-electron chi connectivity index (χ2n) is 5.44. The Kier molecular flexibility index (Phi) is 5.46. The number of halogens is 1. The van der Waals surface area contributed by atoms with Crippen molar-refractivity contribution in [3.63, 3.8) is 0 Å². The van der Waals surface area contributed by atoms with Gasteiger partial charge in [0.25, 0.3) is 11.8 Å². The zero-order valence-corrected chi connectivity index (χ0v) is 16.7. The summed E-state index contributed by atoms with van der Waals surface area (Å²) in [5.41, 5.74) is 0.782. The number of carbonyl (C=O) groups is 2. The van der Waals surface area contributed by atoms with Crippen LogP contribution in [0, 0.1) is 0 Å². The van der Waals surface area contributed by atoms with E-state index >= 15 is 0 Å². The number of nitrogens with zero attached hydrogens (tertiary/aromatic N) is 2. The highest BCUT2D eigenvalue weighted by Crippen LogP contribution is 2.28. The van der Waals surface area contributed by atoms with Gasteiger partial charge in [-0.25, -0.2) is 0 Å². The summed E-state index contributed by atoms with van der Waals surface area (Å²) in [5, 5.41) is 2.14. The van der Waals surface area contributed by atoms with E-state index in [4.69, 9.17) is 12.2 Å². The topological polar surface area (TPSA) is 40.6 Å². The molecule has 0 aliphatic carbocycles. The Labute approximate surface area is 163 Å². The molecule has 1 aromatic heterocycles. The highest BCUT2D eigenvalue weighted by Gasteiger charge is 2.39. The van der Waals surface area contributed by atoms with Gasteiger partial charge in [0.15, 0.2) is 5.11 Å². The van der Waals surface area contributed by atoms with Gasteiger partial charge in [0.05, 0.1) is 5.69 Å². The van der Waals surface area contributed by atoms with Crippen molar-refractivity contribution in [2.24, 2.45) is 0 Å². The lowest BCUT2D eigenvalue weighted by Gasteiger charge is -2.36. The molecule has 0 atom stereocenters. The van der Waals surface area contributed by atoms with Crippen molar-refractivity contribution < 1.29 is 9.59 Å². The number of thiocarbonyl (C=S) groups is 1. The fourth-order valence-corrected chi connectivity index (χ4v) is 4.29. The molecule has 1 aromatic carbocycles. The van der Waals surface area contributed by atoms with Gasteiger partial charge in [0.2, 0.25) is 0 Å². The number of para-hydroxylation sites is 1. The van der Waals surface area contributed by atoms with Crippen molar-refractivity contribution in [1.82, 2.24) is 4.90 Å². The minimum atomic E-state index is -0.391. The Balaban J connectivity index is 2.08. The van der Waals surface area contributed by atoms with E-state index in [9.17, 15) is 9.59 Å². The van der Waals surface area contributed by atoms with Gasteiger partial charge in [0, 0.05) is 21.3 Å². The zero-order chi connectivity index (χ0) is 18.0. The first kappa shape index (κ1) is 18.0. The van der Waals surface area contributed by atoms with Gasteiger partial charge in [-0.1, -0.05) is 25.1 Å². The minimum Gasteiger partial charge on any atom is -0.284 e. The van der Waals surface area contributed by atoms with Crippen molar-refractivity contribution in [3.8, 4) is 0 Å². The first-order valence-electron chi connectivity index (χ1n) is 7.74. The summed E-state index contributed by atoms with van der Waals surface area (Å²) in [6, 6.07) is 11.0. The lowest BCUT2D eigenvalue weighted by molar-refractivity contribution is -0.127. The SMILES string of the molecule is CCCN1C(=O)/C(=C/c2cc(Br)cs2)C(=O)N(c2ccccc2)C1=S. The van der Waals surface area contributed by atoms with Crippen molar-refractivity contribution in [2.45, 2.75) is 13.3 Å². The van der Waals surface area contributed by atoms with Crippen LogP contribution in [0.1, 0.15) is 18.2 Å². The molecule has 2 heterocycles. The maximum absolute atomic E-state index is 13.0. The van der Waals surface area contributed by atoms with Crippen molar-refractivity contribution in [1.29, 1.82) is 0 Å². The summed E-state index contributed by atoms with van der Waals surface area (Å²) < 4.78 is 0.918. The van der Waals surface area contributed by atoms with Crippen LogP contribution in [0.15, 0.2) is 51.8 Å². The highest BCUT2D eigenvalue weighted by molar-refractivity contribution is 9.10. The Morgan fingerprint density at radius 1 is 1.20 bits per heavy atom. The molecule has 1 saturated heterocycles. The van der Waals surface area contributed by atoms with Gasteiger partial charge < -0.3 is 0 Å². The Hall–Kier alpha value is -1.83. The largest absolute Gasteiger partial charge is 0.284 e. The Bertz CT molecular complexity index is 861. The molecular formula is C18H15BrN2O2S2. The molecule has 1 aliphatic heterocycles. The van der Waals surface area contributed by atoms with Crippen LogP contribution in [0.2, 0.25) is 0 Å². The fraction of sp³-hybridized carbons (Fsp3) is 0.167. The van der Waals surface area contributed by atoms with E-state index < -0.39 is 5.91 Å². The summed E-state index contributed by atoms with van der Waals surface area (Å²) in [6.45, 7) is 2.44. The molecule has 7 heteroatoms. The summed E-state index contributed by atoms with van der Waals surface area (Å²) >= 11 is 10.3. The summed E-state index contributed by atoms with van der Waals surface area (Å²) in [5.74, 6) is -0.730. The monoisotopic (exact) mass is 434 g/mol. The lowest BCUT2D eigenvalue weighted by atomic mass is 10.1. The Morgan fingerprint density at radius 2 is 1.92 bits per heavy atom. The maximum Gasteiger partial charge on any atom is 0.270 e. The molecule has 0 bridgehead atoms. The number of hydrogen-bond acceptors (Lipinski definition) is 4. The van der Waals surface area contributed by atoms with Crippen LogP contribution in [0.4, 0.5) is 5.69 Å². The van der Waals surface area contributed by atoms with Gasteiger partial charge in [-0.3, -0.25) is 19.4 Å². The van der Waals surface area contributed by atoms with Crippen LogP contribution in [-0.4, -0.2) is 28.4 Å². The van der Waals surface area contributed by atoms with E-state index in [1.807, 2.05) is 48.7 Å². The second kappa shape index (κ2) is 7.59. The molecule has 2 amide bonds. The van der Waals surface area contributed by atoms with Crippen LogP contribution in [-0.2, 0) is 9.59 Å². The lowest BCUT2D eigenvalue weighted by Crippen LogP contribution is -2.56. The van der Waals surface area contributed by atoms with E-state index in [2.05, 4.69) is 15.9 Å². The standard InChI is InChI=1S/C18H15BrN2O2S2/c1-2-8-20-16(22)15(10-14-9-12(19)11-25-14)17(23)21(18(20)24)13-6-4-3-5-7-13/h3-7,9-11H,2,8H2,1H3/b15-10-. The molecular weight excluding hydrogens is 420 g/mol. The average Bonchev–Trinajstić information content (AvgIpc) is 3.02. The molecule has 0 unspecified atom stereocenters. The fourth-order valence-electron chi connectivity index (χ4n) is 2.55. The van der Waals surface area contributed by atoms with Gasteiger partial charge in [-0.2, -0.15) is 0 Å². The number of amides is 2. The van der Waals surface area contributed by atoms with E-state index in [1.165, 1.54) is 21.1 Å². The van der Waals surface area contributed by atoms with Crippen molar-refractivity contribution in [2.75, 3.05) is 11.4 Å². The van der Waals surface area contributed by atoms with Gasteiger partial charge >= 0.3 is 0 Å². The van der Waals surface area contributed by atoms with Gasteiger partial charge in [-0.05, 0) is 58.8 Å². The predicted molar refractivity (Wildman–Crippen MR) is 109 cm³/mol. The first-order valence-corrected chi connectivity index (χ1v) is 9.82. The van der Waals surface area contributed by atoms with Gasteiger partial charge in [-0.15, -0.1) is 11.3 Å². The van der Waals surface area contributed by atoms with E-state index in [-0.39, 0.29) is 16.6 Å². The van der Waals surface area contributed by atoms with E-state index in [0.717, 1.165) is 15.8 Å². The summed E-state index contributed by atoms with van der Waals surface area (Å²) in [6.07, 6.45) is 2.39. The summed E-state index contributed by atoms with van der Waals surface area (Å²) in [7, 11) is 0. The van der Waals surface area contributed by atoms with Crippen LogP contribution in [0.3, 0.4) is 0 Å². The second-order valence-corrected chi connectivity index (χ2v) is 7.66. The van der Waals surface area contributed by atoms with Crippen LogP contribution < -0.4 is 4.90 Å². The third kappa shape index (κ3) is 3.58.